The summed E-state index contributed by atoms with van der Waals surface area (Å²) in [6.07, 6.45) is 0.292. The topological polar surface area (TPSA) is 49.8 Å². The van der Waals surface area contributed by atoms with Gasteiger partial charge in [-0.25, -0.2) is 4.79 Å². The van der Waals surface area contributed by atoms with Gasteiger partial charge < -0.3 is 14.7 Å². The maximum Gasteiger partial charge on any atom is 0.410 e. The number of amides is 1. The minimum atomic E-state index is -0.684. The van der Waals surface area contributed by atoms with Crippen LogP contribution in [0.15, 0.2) is 30.3 Å². The molecule has 1 aliphatic heterocycles. The number of carbonyl (C=O) groups is 1. The lowest BCUT2D eigenvalue weighted by Crippen LogP contribution is -2.50. The van der Waals surface area contributed by atoms with Crippen molar-refractivity contribution in [1.29, 1.82) is 0 Å². The van der Waals surface area contributed by atoms with Crippen LogP contribution in [0.4, 0.5) is 4.79 Å². The van der Waals surface area contributed by atoms with Crippen molar-refractivity contribution in [3.8, 4) is 0 Å². The minimum Gasteiger partial charge on any atom is -0.445 e. The maximum absolute atomic E-state index is 12.0. The lowest BCUT2D eigenvalue weighted by Gasteiger charge is -2.40. The third kappa shape index (κ3) is 3.47. The van der Waals surface area contributed by atoms with Crippen LogP contribution in [0.5, 0.6) is 0 Å². The van der Waals surface area contributed by atoms with E-state index in [-0.39, 0.29) is 12.0 Å². The molecular formula is C15H21NO3. The second-order valence-corrected chi connectivity index (χ2v) is 5.49. The van der Waals surface area contributed by atoms with Crippen molar-refractivity contribution in [2.24, 2.45) is 5.92 Å². The Kier molecular flexibility index (Phi) is 4.10. The van der Waals surface area contributed by atoms with Gasteiger partial charge in [-0.15, -0.1) is 0 Å². The van der Waals surface area contributed by atoms with Crippen LogP contribution in [0.1, 0.15) is 25.8 Å². The van der Waals surface area contributed by atoms with Gasteiger partial charge >= 0.3 is 6.09 Å². The molecule has 2 unspecified atom stereocenters. The van der Waals surface area contributed by atoms with Crippen LogP contribution in [0.25, 0.3) is 0 Å². The van der Waals surface area contributed by atoms with Gasteiger partial charge in [0.15, 0.2) is 0 Å². The van der Waals surface area contributed by atoms with Crippen LogP contribution < -0.4 is 0 Å². The summed E-state index contributed by atoms with van der Waals surface area (Å²) in [5, 5.41) is 10.1. The van der Waals surface area contributed by atoms with E-state index in [1.807, 2.05) is 44.2 Å². The number of ether oxygens (including phenoxy) is 1. The van der Waals surface area contributed by atoms with Crippen LogP contribution >= 0.6 is 0 Å². The molecular weight excluding hydrogens is 242 g/mol. The van der Waals surface area contributed by atoms with Crippen LogP contribution in [-0.2, 0) is 11.3 Å². The van der Waals surface area contributed by atoms with Gasteiger partial charge in [0.25, 0.3) is 0 Å². The van der Waals surface area contributed by atoms with Gasteiger partial charge in [0.2, 0.25) is 0 Å². The lowest BCUT2D eigenvalue weighted by atomic mass is 9.84. The summed E-state index contributed by atoms with van der Waals surface area (Å²) >= 11 is 0. The first kappa shape index (κ1) is 13.9. The third-order valence-electron chi connectivity index (χ3n) is 3.91. The average Bonchev–Trinajstić information content (AvgIpc) is 2.40. The lowest BCUT2D eigenvalue weighted by molar-refractivity contribution is -0.0483. The highest BCUT2D eigenvalue weighted by Gasteiger charge is 2.36. The Morgan fingerprint density at radius 3 is 2.79 bits per heavy atom. The highest BCUT2D eigenvalue weighted by molar-refractivity contribution is 5.67. The van der Waals surface area contributed by atoms with Crippen molar-refractivity contribution in [3.05, 3.63) is 35.9 Å². The molecule has 1 aromatic carbocycles. The van der Waals surface area contributed by atoms with E-state index in [2.05, 4.69) is 0 Å². The van der Waals surface area contributed by atoms with Crippen molar-refractivity contribution >= 4 is 6.09 Å². The summed E-state index contributed by atoms with van der Waals surface area (Å²) < 4.78 is 5.29. The van der Waals surface area contributed by atoms with E-state index in [0.717, 1.165) is 5.56 Å². The molecule has 1 fully saturated rings. The molecule has 1 N–H and O–H groups in total. The molecule has 0 aromatic heterocycles. The third-order valence-corrected chi connectivity index (χ3v) is 3.91. The Morgan fingerprint density at radius 1 is 1.47 bits per heavy atom. The molecule has 2 rings (SSSR count). The second kappa shape index (κ2) is 5.61. The molecule has 1 saturated heterocycles. The Bertz CT molecular complexity index is 430. The molecule has 4 heteroatoms. The van der Waals surface area contributed by atoms with Crippen LogP contribution in [-0.4, -0.2) is 34.8 Å². The summed E-state index contributed by atoms with van der Waals surface area (Å²) in [7, 11) is 0. The number of likely N-dealkylation sites (tertiary alicyclic amines) is 1. The molecule has 0 spiro atoms. The predicted octanol–water partition coefficient (Wildman–Crippen LogP) is 2.42. The van der Waals surface area contributed by atoms with E-state index in [9.17, 15) is 9.90 Å². The van der Waals surface area contributed by atoms with Crippen molar-refractivity contribution in [2.75, 3.05) is 13.1 Å². The molecule has 2 atom stereocenters. The van der Waals surface area contributed by atoms with E-state index >= 15 is 0 Å². The molecule has 1 amide bonds. The molecule has 0 radical (unpaired) electrons. The molecule has 1 aliphatic rings. The standard InChI is InChI=1S/C15H21NO3/c1-12-10-16(9-8-15(12,2)18)14(17)19-11-13-6-4-3-5-7-13/h3-7,12,18H,8-11H2,1-2H3. The molecule has 1 aromatic rings. The fourth-order valence-electron chi connectivity index (χ4n) is 2.20. The highest BCUT2D eigenvalue weighted by Crippen LogP contribution is 2.27. The smallest absolute Gasteiger partial charge is 0.410 e. The van der Waals surface area contributed by atoms with E-state index in [0.29, 0.717) is 26.1 Å². The maximum atomic E-state index is 12.0. The molecule has 19 heavy (non-hydrogen) atoms. The molecule has 0 aliphatic carbocycles. The monoisotopic (exact) mass is 263 g/mol. The quantitative estimate of drug-likeness (QED) is 0.891. The summed E-state index contributed by atoms with van der Waals surface area (Å²) in [5.41, 5.74) is 0.295. The Hall–Kier alpha value is -1.55. The van der Waals surface area contributed by atoms with E-state index in [1.54, 1.807) is 4.90 Å². The average molecular weight is 263 g/mol. The van der Waals surface area contributed by atoms with Gasteiger partial charge in [-0.2, -0.15) is 0 Å². The highest BCUT2D eigenvalue weighted by atomic mass is 16.6. The zero-order valence-corrected chi connectivity index (χ0v) is 11.5. The number of nitrogens with zero attached hydrogens (tertiary/aromatic N) is 1. The van der Waals surface area contributed by atoms with Gasteiger partial charge in [-0.1, -0.05) is 37.3 Å². The number of aliphatic hydroxyl groups is 1. The second-order valence-electron chi connectivity index (χ2n) is 5.49. The Morgan fingerprint density at radius 2 is 2.16 bits per heavy atom. The van der Waals surface area contributed by atoms with Gasteiger partial charge in [0.05, 0.1) is 5.60 Å². The minimum absolute atomic E-state index is 0.0607. The molecule has 4 nitrogen and oxygen atoms in total. The van der Waals surface area contributed by atoms with Crippen LogP contribution in [0.3, 0.4) is 0 Å². The molecule has 1 heterocycles. The first-order valence-electron chi connectivity index (χ1n) is 6.67. The number of rotatable bonds is 2. The number of piperidine rings is 1. The SMILES string of the molecule is CC1CN(C(=O)OCc2ccccc2)CCC1(C)O. The van der Waals surface area contributed by atoms with E-state index < -0.39 is 5.60 Å². The first-order valence-corrected chi connectivity index (χ1v) is 6.67. The number of hydrogen-bond acceptors (Lipinski definition) is 3. The zero-order valence-electron chi connectivity index (χ0n) is 11.5. The predicted molar refractivity (Wildman–Crippen MR) is 72.6 cm³/mol. The summed E-state index contributed by atoms with van der Waals surface area (Å²) in [4.78, 5) is 13.6. The van der Waals surface area contributed by atoms with Crippen LogP contribution in [0.2, 0.25) is 0 Å². The zero-order chi connectivity index (χ0) is 13.9. The van der Waals surface area contributed by atoms with Crippen molar-refractivity contribution < 1.29 is 14.6 Å². The normalized spacial score (nSPS) is 27.1. The number of carbonyl (C=O) groups excluding carboxylic acids is 1. The van der Waals surface area contributed by atoms with Gasteiger partial charge in [0.1, 0.15) is 6.61 Å². The Balaban J connectivity index is 1.84. The van der Waals surface area contributed by atoms with Gasteiger partial charge in [0, 0.05) is 19.0 Å². The summed E-state index contributed by atoms with van der Waals surface area (Å²) in [6.45, 7) is 5.16. The van der Waals surface area contributed by atoms with Crippen LogP contribution in [0, 0.1) is 5.92 Å². The van der Waals surface area contributed by atoms with Crippen molar-refractivity contribution in [3.63, 3.8) is 0 Å². The van der Waals surface area contributed by atoms with Gasteiger partial charge in [-0.3, -0.25) is 0 Å². The van der Waals surface area contributed by atoms with E-state index in [1.165, 1.54) is 0 Å². The number of benzene rings is 1. The van der Waals surface area contributed by atoms with Gasteiger partial charge in [-0.05, 0) is 18.9 Å². The van der Waals surface area contributed by atoms with Crippen molar-refractivity contribution in [1.82, 2.24) is 4.90 Å². The molecule has 0 saturated carbocycles. The fraction of sp³-hybridized carbons (Fsp3) is 0.533. The first-order chi connectivity index (χ1) is 8.99. The Labute approximate surface area is 114 Å². The fourth-order valence-corrected chi connectivity index (χ4v) is 2.20. The largest absolute Gasteiger partial charge is 0.445 e. The summed E-state index contributed by atoms with van der Waals surface area (Å²) in [5.74, 6) is 0.0607. The number of hydrogen-bond donors (Lipinski definition) is 1. The van der Waals surface area contributed by atoms with Crippen molar-refractivity contribution in [2.45, 2.75) is 32.5 Å². The molecule has 0 bridgehead atoms. The van der Waals surface area contributed by atoms with E-state index in [4.69, 9.17) is 4.74 Å². The summed E-state index contributed by atoms with van der Waals surface area (Å²) in [6, 6.07) is 9.63. The molecule has 104 valence electrons.